The van der Waals surface area contributed by atoms with Crippen molar-refractivity contribution in [2.75, 3.05) is 0 Å². The van der Waals surface area contributed by atoms with Gasteiger partial charge in [-0.3, -0.25) is 0 Å². The van der Waals surface area contributed by atoms with Crippen molar-refractivity contribution >= 4 is 34.2 Å². The lowest BCUT2D eigenvalue weighted by Crippen LogP contribution is -2.06. The minimum absolute atomic E-state index is 0.396. The van der Waals surface area contributed by atoms with Crippen molar-refractivity contribution < 1.29 is 5.11 Å². The highest BCUT2D eigenvalue weighted by molar-refractivity contribution is 14.1. The highest BCUT2D eigenvalue weighted by Crippen LogP contribution is 2.29. The lowest BCUT2D eigenvalue weighted by atomic mass is 9.95. The van der Waals surface area contributed by atoms with E-state index >= 15 is 0 Å². The van der Waals surface area contributed by atoms with E-state index in [1.165, 1.54) is 6.42 Å². The highest BCUT2D eigenvalue weighted by Gasteiger charge is 2.14. The largest absolute Gasteiger partial charge is 0.388 e. The van der Waals surface area contributed by atoms with Gasteiger partial charge in [-0.1, -0.05) is 38.3 Å². The molecule has 3 heteroatoms. The zero-order chi connectivity index (χ0) is 12.1. The summed E-state index contributed by atoms with van der Waals surface area (Å²) >= 11 is 8.19. The molecule has 0 bridgehead atoms. The van der Waals surface area contributed by atoms with E-state index in [4.69, 9.17) is 11.6 Å². The Hall–Kier alpha value is 0.200. The summed E-state index contributed by atoms with van der Waals surface area (Å²) in [5.74, 6) is 0.551. The maximum absolute atomic E-state index is 10.2. The minimum atomic E-state index is -0.396. The second-order valence-corrected chi connectivity index (χ2v) is 5.91. The third-order valence-corrected chi connectivity index (χ3v) is 3.94. The molecule has 0 heterocycles. The minimum Gasteiger partial charge on any atom is -0.388 e. The fraction of sp³-hybridized carbons (Fsp3) is 0.538. The number of hydrogen-bond donors (Lipinski definition) is 1. The second kappa shape index (κ2) is 6.82. The van der Waals surface area contributed by atoms with Crippen LogP contribution in [0.25, 0.3) is 0 Å². The van der Waals surface area contributed by atoms with Crippen LogP contribution in [0.1, 0.15) is 44.8 Å². The quantitative estimate of drug-likeness (QED) is 0.754. The predicted molar refractivity (Wildman–Crippen MR) is 77.8 cm³/mol. The van der Waals surface area contributed by atoms with Crippen LogP contribution in [0.3, 0.4) is 0 Å². The Kier molecular flexibility index (Phi) is 6.08. The van der Waals surface area contributed by atoms with E-state index in [9.17, 15) is 5.11 Å². The van der Waals surface area contributed by atoms with E-state index in [0.29, 0.717) is 10.9 Å². The fourth-order valence-electron chi connectivity index (χ4n) is 1.89. The van der Waals surface area contributed by atoms with Crippen molar-refractivity contribution in [1.29, 1.82) is 0 Å². The monoisotopic (exact) mass is 352 g/mol. The molecule has 0 fully saturated rings. The first-order valence-corrected chi connectivity index (χ1v) is 7.13. The smallest absolute Gasteiger partial charge is 0.0803 e. The topological polar surface area (TPSA) is 20.2 Å². The Bertz CT molecular complexity index is 341. The van der Waals surface area contributed by atoms with Crippen LogP contribution in [0.2, 0.25) is 5.02 Å². The molecule has 90 valence electrons. The van der Waals surface area contributed by atoms with Gasteiger partial charge in [-0.25, -0.2) is 0 Å². The molecule has 0 amide bonds. The molecule has 1 nitrogen and oxygen atoms in total. The zero-order valence-electron chi connectivity index (χ0n) is 9.71. The van der Waals surface area contributed by atoms with Gasteiger partial charge in [0, 0.05) is 8.59 Å². The summed E-state index contributed by atoms with van der Waals surface area (Å²) in [6.07, 6.45) is 2.74. The van der Waals surface area contributed by atoms with Gasteiger partial charge in [-0.2, -0.15) is 0 Å². The molecule has 1 aromatic carbocycles. The van der Waals surface area contributed by atoms with Crippen LogP contribution in [-0.4, -0.2) is 5.11 Å². The molecular formula is C13H18ClIO. The van der Waals surface area contributed by atoms with Gasteiger partial charge in [-0.15, -0.1) is 0 Å². The molecule has 16 heavy (non-hydrogen) atoms. The number of halogens is 2. The van der Waals surface area contributed by atoms with Crippen LogP contribution >= 0.6 is 34.2 Å². The maximum Gasteiger partial charge on any atom is 0.0803 e. The summed E-state index contributed by atoms with van der Waals surface area (Å²) in [7, 11) is 0. The van der Waals surface area contributed by atoms with Gasteiger partial charge < -0.3 is 5.11 Å². The lowest BCUT2D eigenvalue weighted by Gasteiger charge is -2.17. The summed E-state index contributed by atoms with van der Waals surface area (Å²) in [6, 6.07) is 5.67. The molecule has 1 aromatic rings. The first-order chi connectivity index (χ1) is 7.54. The summed E-state index contributed by atoms with van der Waals surface area (Å²) in [6.45, 7) is 4.36. The van der Waals surface area contributed by atoms with Gasteiger partial charge in [0.15, 0.2) is 0 Å². The molecule has 1 N–H and O–H groups in total. The van der Waals surface area contributed by atoms with Crippen LogP contribution in [0, 0.1) is 9.49 Å². The molecule has 1 rings (SSSR count). The fourth-order valence-corrected chi connectivity index (χ4v) is 2.76. The first-order valence-electron chi connectivity index (χ1n) is 5.67. The van der Waals surface area contributed by atoms with E-state index in [2.05, 4.69) is 36.4 Å². The third kappa shape index (κ3) is 4.22. The van der Waals surface area contributed by atoms with E-state index in [1.807, 2.05) is 18.2 Å². The number of rotatable bonds is 5. The van der Waals surface area contributed by atoms with Gasteiger partial charge in [0.25, 0.3) is 0 Å². The van der Waals surface area contributed by atoms with Gasteiger partial charge in [-0.05, 0) is 58.7 Å². The number of hydrogen-bond acceptors (Lipinski definition) is 1. The molecule has 2 atom stereocenters. The molecule has 0 aliphatic heterocycles. The van der Waals surface area contributed by atoms with Gasteiger partial charge in [0.1, 0.15) is 0 Å². The Morgan fingerprint density at radius 3 is 2.75 bits per heavy atom. The summed E-state index contributed by atoms with van der Waals surface area (Å²) < 4.78 is 1.08. The molecular weight excluding hydrogens is 334 g/mol. The average molecular weight is 353 g/mol. The van der Waals surface area contributed by atoms with Crippen molar-refractivity contribution in [2.24, 2.45) is 5.92 Å². The number of aliphatic hydroxyl groups is 1. The van der Waals surface area contributed by atoms with Crippen LogP contribution < -0.4 is 0 Å². The van der Waals surface area contributed by atoms with Crippen molar-refractivity contribution in [2.45, 2.75) is 39.2 Å². The molecule has 0 saturated carbocycles. The molecule has 0 aromatic heterocycles. The van der Waals surface area contributed by atoms with Crippen LogP contribution in [0.15, 0.2) is 18.2 Å². The van der Waals surface area contributed by atoms with Gasteiger partial charge >= 0.3 is 0 Å². The normalized spacial score (nSPS) is 14.8. The Balaban J connectivity index is 2.72. The van der Waals surface area contributed by atoms with Crippen molar-refractivity contribution in [3.8, 4) is 0 Å². The highest BCUT2D eigenvalue weighted by atomic mass is 127. The lowest BCUT2D eigenvalue weighted by molar-refractivity contribution is 0.144. The second-order valence-electron chi connectivity index (χ2n) is 4.31. The Labute approximate surface area is 116 Å². The molecule has 0 saturated heterocycles. The molecule has 0 spiro atoms. The SMILES string of the molecule is CCCC(C)CC(O)c1cc(Cl)ccc1I. The maximum atomic E-state index is 10.2. The average Bonchev–Trinajstić information content (AvgIpc) is 2.21. The van der Waals surface area contributed by atoms with Crippen molar-refractivity contribution in [3.63, 3.8) is 0 Å². The Morgan fingerprint density at radius 1 is 1.44 bits per heavy atom. The van der Waals surface area contributed by atoms with E-state index < -0.39 is 6.10 Å². The summed E-state index contributed by atoms with van der Waals surface area (Å²) in [4.78, 5) is 0. The Morgan fingerprint density at radius 2 is 2.12 bits per heavy atom. The van der Waals surface area contributed by atoms with Crippen molar-refractivity contribution in [1.82, 2.24) is 0 Å². The van der Waals surface area contributed by atoms with Crippen LogP contribution in [0.5, 0.6) is 0 Å². The number of aliphatic hydroxyl groups excluding tert-OH is 1. The van der Waals surface area contributed by atoms with E-state index in [0.717, 1.165) is 22.0 Å². The molecule has 0 radical (unpaired) electrons. The third-order valence-electron chi connectivity index (χ3n) is 2.72. The van der Waals surface area contributed by atoms with Crippen LogP contribution in [-0.2, 0) is 0 Å². The zero-order valence-corrected chi connectivity index (χ0v) is 12.6. The van der Waals surface area contributed by atoms with Crippen molar-refractivity contribution in [3.05, 3.63) is 32.4 Å². The van der Waals surface area contributed by atoms with Crippen LogP contribution in [0.4, 0.5) is 0 Å². The molecule has 0 aliphatic rings. The van der Waals surface area contributed by atoms with E-state index in [1.54, 1.807) is 0 Å². The number of benzene rings is 1. The van der Waals surface area contributed by atoms with Gasteiger partial charge in [0.2, 0.25) is 0 Å². The first kappa shape index (κ1) is 14.3. The summed E-state index contributed by atoms with van der Waals surface area (Å²) in [5.41, 5.74) is 0.955. The predicted octanol–water partition coefficient (Wildman–Crippen LogP) is 4.80. The summed E-state index contributed by atoms with van der Waals surface area (Å²) in [5, 5.41) is 10.9. The van der Waals surface area contributed by atoms with Gasteiger partial charge in [0.05, 0.1) is 6.10 Å². The standard InChI is InChI=1S/C13H18ClIO/c1-3-4-9(2)7-13(16)11-8-10(14)5-6-12(11)15/h5-6,8-9,13,16H,3-4,7H2,1-2H3. The van der Waals surface area contributed by atoms with E-state index in [-0.39, 0.29) is 0 Å². The molecule has 0 aliphatic carbocycles. The molecule has 2 unspecified atom stereocenters.